The zero-order valence-corrected chi connectivity index (χ0v) is 16.4. The summed E-state index contributed by atoms with van der Waals surface area (Å²) in [5.41, 5.74) is 3.17. The van der Waals surface area contributed by atoms with Crippen molar-refractivity contribution in [2.75, 3.05) is 25.1 Å². The van der Waals surface area contributed by atoms with Crippen molar-refractivity contribution in [3.05, 3.63) is 54.1 Å². The summed E-state index contributed by atoms with van der Waals surface area (Å²) in [6.07, 6.45) is 1.90. The number of carbonyl (C=O) groups excluding carboxylic acids is 1. The van der Waals surface area contributed by atoms with Gasteiger partial charge in [-0.3, -0.25) is 4.79 Å². The average Bonchev–Trinajstić information content (AvgIpc) is 3.09. The Balaban J connectivity index is 1.41. The number of carbonyl (C=O) groups is 1. The van der Waals surface area contributed by atoms with E-state index in [0.717, 1.165) is 47.7 Å². The third kappa shape index (κ3) is 3.67. The number of amides is 1. The Morgan fingerprint density at radius 2 is 2.00 bits per heavy atom. The fraction of sp³-hybridized carbons (Fsp3) is 0.364. The van der Waals surface area contributed by atoms with Crippen LogP contribution in [0.2, 0.25) is 0 Å². The number of aryl methyl sites for hydroxylation is 1. The SMILES string of the molecule is COc1ccc(CNC(=O)[C@H]2CCCN(c3nc4ccccc4n3C)C2)cc1. The van der Waals surface area contributed by atoms with Gasteiger partial charge in [-0.2, -0.15) is 0 Å². The Labute approximate surface area is 165 Å². The Morgan fingerprint density at radius 3 is 2.75 bits per heavy atom. The van der Waals surface area contributed by atoms with Crippen LogP contribution in [0.5, 0.6) is 5.75 Å². The molecule has 1 aromatic heterocycles. The summed E-state index contributed by atoms with van der Waals surface area (Å²) in [4.78, 5) is 19.8. The number of nitrogens with zero attached hydrogens (tertiary/aromatic N) is 3. The summed E-state index contributed by atoms with van der Waals surface area (Å²) in [6.45, 7) is 2.16. The van der Waals surface area contributed by atoms with Gasteiger partial charge < -0.3 is 19.5 Å². The topological polar surface area (TPSA) is 59.4 Å². The Bertz CT molecular complexity index is 964. The van der Waals surface area contributed by atoms with Crippen molar-refractivity contribution < 1.29 is 9.53 Å². The fourth-order valence-electron chi connectivity index (χ4n) is 3.87. The first kappa shape index (κ1) is 18.3. The van der Waals surface area contributed by atoms with E-state index in [1.807, 2.05) is 49.5 Å². The highest BCUT2D eigenvalue weighted by atomic mass is 16.5. The van der Waals surface area contributed by atoms with Crippen LogP contribution in [0, 0.1) is 5.92 Å². The standard InChI is InChI=1S/C22H26N4O2/c1-25-20-8-4-3-7-19(20)24-22(25)26-13-5-6-17(15-26)21(27)23-14-16-9-11-18(28-2)12-10-16/h3-4,7-12,17H,5-6,13-15H2,1-2H3,(H,23,27)/t17-/m0/s1. The Kier molecular flexibility index (Phi) is 5.19. The zero-order chi connectivity index (χ0) is 19.5. The second-order valence-electron chi connectivity index (χ2n) is 7.31. The number of methoxy groups -OCH3 is 1. The van der Waals surface area contributed by atoms with Crippen molar-refractivity contribution in [2.45, 2.75) is 19.4 Å². The smallest absolute Gasteiger partial charge is 0.225 e. The number of hydrogen-bond donors (Lipinski definition) is 1. The lowest BCUT2D eigenvalue weighted by molar-refractivity contribution is -0.125. The Morgan fingerprint density at radius 1 is 1.21 bits per heavy atom. The minimum absolute atomic E-state index is 0.0215. The molecule has 2 heterocycles. The highest BCUT2D eigenvalue weighted by Gasteiger charge is 2.28. The second kappa shape index (κ2) is 7.92. The summed E-state index contributed by atoms with van der Waals surface area (Å²) in [5.74, 6) is 1.85. The maximum atomic E-state index is 12.7. The van der Waals surface area contributed by atoms with Gasteiger partial charge in [0.2, 0.25) is 11.9 Å². The van der Waals surface area contributed by atoms with Crippen molar-refractivity contribution in [1.29, 1.82) is 0 Å². The molecular formula is C22H26N4O2. The molecule has 4 rings (SSSR count). The number of para-hydroxylation sites is 2. The lowest BCUT2D eigenvalue weighted by Crippen LogP contribution is -2.43. The Hall–Kier alpha value is -3.02. The predicted molar refractivity (Wildman–Crippen MR) is 110 cm³/mol. The molecule has 1 fully saturated rings. The van der Waals surface area contributed by atoms with Gasteiger partial charge in [0.1, 0.15) is 5.75 Å². The number of fused-ring (bicyclic) bond motifs is 1. The van der Waals surface area contributed by atoms with E-state index in [1.165, 1.54) is 0 Å². The van der Waals surface area contributed by atoms with Gasteiger partial charge in [0.05, 0.1) is 24.1 Å². The van der Waals surface area contributed by atoms with E-state index in [0.29, 0.717) is 13.1 Å². The van der Waals surface area contributed by atoms with E-state index >= 15 is 0 Å². The first-order valence-electron chi connectivity index (χ1n) is 9.73. The molecule has 2 aromatic carbocycles. The molecule has 0 bridgehead atoms. The molecule has 0 spiro atoms. The molecule has 0 radical (unpaired) electrons. The van der Waals surface area contributed by atoms with Crippen LogP contribution in [0.4, 0.5) is 5.95 Å². The van der Waals surface area contributed by atoms with Crippen LogP contribution in [-0.4, -0.2) is 35.7 Å². The molecule has 1 aliphatic rings. The molecule has 0 unspecified atom stereocenters. The van der Waals surface area contributed by atoms with E-state index in [2.05, 4.69) is 20.9 Å². The first-order valence-corrected chi connectivity index (χ1v) is 9.73. The molecule has 1 N–H and O–H groups in total. The number of benzene rings is 2. The van der Waals surface area contributed by atoms with Gasteiger partial charge in [-0.1, -0.05) is 24.3 Å². The minimum Gasteiger partial charge on any atom is -0.497 e. The minimum atomic E-state index is -0.0215. The van der Waals surface area contributed by atoms with E-state index in [-0.39, 0.29) is 11.8 Å². The van der Waals surface area contributed by atoms with Crippen LogP contribution >= 0.6 is 0 Å². The molecule has 6 nitrogen and oxygen atoms in total. The summed E-state index contributed by atoms with van der Waals surface area (Å²) in [6, 6.07) is 15.9. The largest absolute Gasteiger partial charge is 0.497 e. The van der Waals surface area contributed by atoms with Crippen LogP contribution in [-0.2, 0) is 18.4 Å². The van der Waals surface area contributed by atoms with Gasteiger partial charge in [0.25, 0.3) is 0 Å². The molecular weight excluding hydrogens is 352 g/mol. The molecule has 1 atom stereocenters. The van der Waals surface area contributed by atoms with Gasteiger partial charge in [-0.15, -0.1) is 0 Å². The number of aromatic nitrogens is 2. The molecule has 0 aliphatic carbocycles. The molecule has 6 heteroatoms. The van der Waals surface area contributed by atoms with Gasteiger partial charge >= 0.3 is 0 Å². The maximum absolute atomic E-state index is 12.7. The van der Waals surface area contributed by atoms with Crippen LogP contribution in [0.1, 0.15) is 18.4 Å². The number of nitrogens with one attached hydrogen (secondary N) is 1. The van der Waals surface area contributed by atoms with Crippen molar-refractivity contribution in [2.24, 2.45) is 13.0 Å². The molecule has 146 valence electrons. The highest BCUT2D eigenvalue weighted by Crippen LogP contribution is 2.26. The van der Waals surface area contributed by atoms with E-state index in [9.17, 15) is 4.79 Å². The van der Waals surface area contributed by atoms with Gasteiger partial charge in [0, 0.05) is 26.7 Å². The molecule has 1 amide bonds. The highest BCUT2D eigenvalue weighted by molar-refractivity contribution is 5.81. The van der Waals surface area contributed by atoms with Gasteiger partial charge in [-0.05, 0) is 42.7 Å². The summed E-state index contributed by atoms with van der Waals surface area (Å²) in [7, 11) is 3.69. The van der Waals surface area contributed by atoms with Gasteiger partial charge in [-0.25, -0.2) is 4.98 Å². The number of imidazole rings is 1. The summed E-state index contributed by atoms with van der Waals surface area (Å²) in [5, 5.41) is 3.09. The molecule has 1 aliphatic heterocycles. The lowest BCUT2D eigenvalue weighted by Gasteiger charge is -2.32. The summed E-state index contributed by atoms with van der Waals surface area (Å²) >= 11 is 0. The molecule has 1 saturated heterocycles. The third-order valence-corrected chi connectivity index (χ3v) is 5.46. The van der Waals surface area contributed by atoms with Crippen molar-refractivity contribution in [3.63, 3.8) is 0 Å². The van der Waals surface area contributed by atoms with Crippen molar-refractivity contribution in [1.82, 2.24) is 14.9 Å². The number of piperidine rings is 1. The monoisotopic (exact) mass is 378 g/mol. The van der Waals surface area contributed by atoms with Crippen molar-refractivity contribution in [3.8, 4) is 5.75 Å². The van der Waals surface area contributed by atoms with Crippen LogP contribution < -0.4 is 15.0 Å². The third-order valence-electron chi connectivity index (χ3n) is 5.46. The molecule has 28 heavy (non-hydrogen) atoms. The fourth-order valence-corrected chi connectivity index (χ4v) is 3.87. The number of anilines is 1. The number of ether oxygens (including phenoxy) is 1. The first-order chi connectivity index (χ1) is 13.7. The lowest BCUT2D eigenvalue weighted by atomic mass is 9.97. The van der Waals surface area contributed by atoms with Crippen LogP contribution in [0.25, 0.3) is 11.0 Å². The average molecular weight is 378 g/mol. The van der Waals surface area contributed by atoms with Gasteiger partial charge in [0.15, 0.2) is 0 Å². The quantitative estimate of drug-likeness (QED) is 0.741. The number of rotatable bonds is 5. The zero-order valence-electron chi connectivity index (χ0n) is 16.4. The normalized spacial score (nSPS) is 16.9. The second-order valence-corrected chi connectivity index (χ2v) is 7.31. The van der Waals surface area contributed by atoms with Crippen LogP contribution in [0.15, 0.2) is 48.5 Å². The molecule has 0 saturated carbocycles. The maximum Gasteiger partial charge on any atom is 0.225 e. The predicted octanol–water partition coefficient (Wildman–Crippen LogP) is 3.11. The summed E-state index contributed by atoms with van der Waals surface area (Å²) < 4.78 is 7.29. The van der Waals surface area contributed by atoms with E-state index < -0.39 is 0 Å². The molecule has 3 aromatic rings. The van der Waals surface area contributed by atoms with Crippen molar-refractivity contribution >= 4 is 22.9 Å². The van der Waals surface area contributed by atoms with E-state index in [4.69, 9.17) is 9.72 Å². The number of hydrogen-bond acceptors (Lipinski definition) is 4. The van der Waals surface area contributed by atoms with Crippen LogP contribution in [0.3, 0.4) is 0 Å². The van der Waals surface area contributed by atoms with E-state index in [1.54, 1.807) is 7.11 Å².